The Hall–Kier alpha value is -0.610. The monoisotopic (exact) mass is 252 g/mol. The van der Waals surface area contributed by atoms with E-state index in [9.17, 15) is 4.79 Å². The number of hydrogen-bond acceptors (Lipinski definition) is 3. The van der Waals surface area contributed by atoms with Gasteiger partial charge in [-0.25, -0.2) is 0 Å². The zero-order valence-electron chi connectivity index (χ0n) is 11.2. The first-order chi connectivity index (χ1) is 8.74. The molecule has 4 nitrogen and oxygen atoms in total. The van der Waals surface area contributed by atoms with Gasteiger partial charge >= 0.3 is 0 Å². The first-order valence-electron chi connectivity index (χ1n) is 7.33. The van der Waals surface area contributed by atoms with Gasteiger partial charge in [-0.15, -0.1) is 0 Å². The molecule has 0 aromatic carbocycles. The van der Waals surface area contributed by atoms with Gasteiger partial charge in [0.2, 0.25) is 5.91 Å². The minimum atomic E-state index is 0.234. The molecule has 0 spiro atoms. The molecule has 0 aromatic heterocycles. The van der Waals surface area contributed by atoms with E-state index >= 15 is 0 Å². The molecule has 18 heavy (non-hydrogen) atoms. The highest BCUT2D eigenvalue weighted by molar-refractivity contribution is 5.80. The number of fused-ring (bicyclic) bond motifs is 2. The fourth-order valence-corrected chi connectivity index (χ4v) is 3.81. The van der Waals surface area contributed by atoms with Crippen molar-refractivity contribution in [1.82, 2.24) is 10.2 Å². The topological polar surface area (TPSA) is 41.6 Å². The molecule has 0 aliphatic carbocycles. The summed E-state index contributed by atoms with van der Waals surface area (Å²) in [4.78, 5) is 14.4. The summed E-state index contributed by atoms with van der Waals surface area (Å²) in [5.74, 6) is 1.12. The van der Waals surface area contributed by atoms with Crippen molar-refractivity contribution in [3.05, 3.63) is 0 Å². The van der Waals surface area contributed by atoms with E-state index in [-0.39, 0.29) is 5.92 Å². The van der Waals surface area contributed by atoms with Crippen LogP contribution in [0.2, 0.25) is 0 Å². The lowest BCUT2D eigenvalue weighted by molar-refractivity contribution is -0.136. The molecular formula is C14H24N2O2. The van der Waals surface area contributed by atoms with Crippen molar-refractivity contribution < 1.29 is 9.53 Å². The van der Waals surface area contributed by atoms with Crippen LogP contribution >= 0.6 is 0 Å². The summed E-state index contributed by atoms with van der Waals surface area (Å²) >= 11 is 0. The summed E-state index contributed by atoms with van der Waals surface area (Å²) in [5.41, 5.74) is 0. The van der Waals surface area contributed by atoms with Gasteiger partial charge in [0.1, 0.15) is 0 Å². The van der Waals surface area contributed by atoms with Gasteiger partial charge in [-0.1, -0.05) is 0 Å². The molecule has 0 radical (unpaired) electrons. The number of nitrogens with zero attached hydrogens (tertiary/aromatic N) is 1. The van der Waals surface area contributed by atoms with Crippen LogP contribution in [0.3, 0.4) is 0 Å². The largest absolute Gasteiger partial charge is 0.381 e. The van der Waals surface area contributed by atoms with Gasteiger partial charge < -0.3 is 15.0 Å². The molecule has 1 amide bonds. The van der Waals surface area contributed by atoms with Gasteiger partial charge in [0.05, 0.1) is 12.5 Å². The quantitative estimate of drug-likeness (QED) is 0.815. The van der Waals surface area contributed by atoms with Crippen LogP contribution in [-0.2, 0) is 9.53 Å². The van der Waals surface area contributed by atoms with Gasteiger partial charge in [-0.3, -0.25) is 4.79 Å². The van der Waals surface area contributed by atoms with Crippen molar-refractivity contribution in [3.8, 4) is 0 Å². The Morgan fingerprint density at radius 3 is 2.89 bits per heavy atom. The average Bonchev–Trinajstić information content (AvgIpc) is 3.01. The van der Waals surface area contributed by atoms with Crippen LogP contribution in [0.25, 0.3) is 0 Å². The summed E-state index contributed by atoms with van der Waals surface area (Å²) in [7, 11) is 1.96. The lowest BCUT2D eigenvalue weighted by atomic mass is 9.88. The number of amides is 1. The Morgan fingerprint density at radius 2 is 2.28 bits per heavy atom. The number of hydrogen-bond donors (Lipinski definition) is 1. The smallest absolute Gasteiger partial charge is 0.227 e. The van der Waals surface area contributed by atoms with E-state index in [1.807, 2.05) is 11.9 Å². The van der Waals surface area contributed by atoms with Crippen LogP contribution in [0.5, 0.6) is 0 Å². The molecule has 102 valence electrons. The second kappa shape index (κ2) is 5.17. The first-order valence-corrected chi connectivity index (χ1v) is 7.33. The van der Waals surface area contributed by atoms with Crippen molar-refractivity contribution in [2.75, 3.05) is 26.8 Å². The van der Waals surface area contributed by atoms with Crippen LogP contribution in [0, 0.1) is 11.8 Å². The molecule has 0 aromatic rings. The minimum Gasteiger partial charge on any atom is -0.381 e. The molecule has 3 saturated heterocycles. The molecule has 2 bridgehead atoms. The second-order valence-corrected chi connectivity index (χ2v) is 6.19. The predicted octanol–water partition coefficient (Wildman–Crippen LogP) is 1.01. The van der Waals surface area contributed by atoms with E-state index in [1.54, 1.807) is 0 Å². The van der Waals surface area contributed by atoms with E-state index in [4.69, 9.17) is 4.74 Å². The molecule has 4 heteroatoms. The third-order valence-corrected chi connectivity index (χ3v) is 4.78. The van der Waals surface area contributed by atoms with E-state index in [2.05, 4.69) is 5.32 Å². The molecule has 3 aliphatic rings. The molecule has 1 N–H and O–H groups in total. The molecule has 3 fully saturated rings. The molecule has 4 atom stereocenters. The van der Waals surface area contributed by atoms with Crippen molar-refractivity contribution in [2.24, 2.45) is 11.8 Å². The lowest BCUT2D eigenvalue weighted by Crippen LogP contribution is -2.42. The number of carbonyl (C=O) groups is 1. The minimum absolute atomic E-state index is 0.234. The molecular weight excluding hydrogens is 228 g/mol. The van der Waals surface area contributed by atoms with Crippen molar-refractivity contribution in [2.45, 2.75) is 44.2 Å². The maximum atomic E-state index is 12.5. The highest BCUT2D eigenvalue weighted by Gasteiger charge is 2.43. The summed E-state index contributed by atoms with van der Waals surface area (Å²) in [5, 5.41) is 3.55. The van der Waals surface area contributed by atoms with E-state index in [0.717, 1.165) is 32.6 Å². The molecule has 3 aliphatic heterocycles. The Kier molecular flexibility index (Phi) is 3.57. The fourth-order valence-electron chi connectivity index (χ4n) is 3.81. The average molecular weight is 252 g/mol. The van der Waals surface area contributed by atoms with E-state index in [0.29, 0.717) is 23.9 Å². The summed E-state index contributed by atoms with van der Waals surface area (Å²) in [6.45, 7) is 2.59. The predicted molar refractivity (Wildman–Crippen MR) is 69.2 cm³/mol. The van der Waals surface area contributed by atoms with Crippen LogP contribution in [0.15, 0.2) is 0 Å². The van der Waals surface area contributed by atoms with Gasteiger partial charge in [0.25, 0.3) is 0 Å². The molecule has 3 rings (SSSR count). The molecule has 3 heterocycles. The highest BCUT2D eigenvalue weighted by atomic mass is 16.5. The fraction of sp³-hybridized carbons (Fsp3) is 0.929. The summed E-state index contributed by atoms with van der Waals surface area (Å²) in [6.07, 6.45) is 5.83. The van der Waals surface area contributed by atoms with Gasteiger partial charge in [-0.2, -0.15) is 0 Å². The van der Waals surface area contributed by atoms with Crippen LogP contribution in [0.1, 0.15) is 32.1 Å². The zero-order chi connectivity index (χ0) is 12.5. The third-order valence-electron chi connectivity index (χ3n) is 4.78. The second-order valence-electron chi connectivity index (χ2n) is 6.19. The van der Waals surface area contributed by atoms with Crippen molar-refractivity contribution in [3.63, 3.8) is 0 Å². The standard InChI is InChI=1S/C14H24N2O2/c1-16(8-10-3-2-6-18-9-10)14(17)12-7-11-4-5-13(12)15-11/h10-13,15H,2-9H2,1H3. The number of nitrogens with one attached hydrogen (secondary N) is 1. The van der Waals surface area contributed by atoms with E-state index < -0.39 is 0 Å². The summed E-state index contributed by atoms with van der Waals surface area (Å²) < 4.78 is 5.49. The maximum Gasteiger partial charge on any atom is 0.227 e. The Balaban J connectivity index is 1.52. The Morgan fingerprint density at radius 1 is 1.39 bits per heavy atom. The number of rotatable bonds is 3. The maximum absolute atomic E-state index is 12.5. The van der Waals surface area contributed by atoms with Gasteiger partial charge in [0.15, 0.2) is 0 Å². The summed E-state index contributed by atoms with van der Waals surface area (Å²) in [6, 6.07) is 1.06. The zero-order valence-corrected chi connectivity index (χ0v) is 11.2. The molecule has 4 unspecified atom stereocenters. The highest BCUT2D eigenvalue weighted by Crippen LogP contribution is 2.34. The van der Waals surface area contributed by atoms with E-state index in [1.165, 1.54) is 19.3 Å². The van der Waals surface area contributed by atoms with Crippen molar-refractivity contribution >= 4 is 5.91 Å². The molecule has 0 saturated carbocycles. The van der Waals surface area contributed by atoms with Crippen LogP contribution in [-0.4, -0.2) is 49.7 Å². The normalized spacial score (nSPS) is 38.9. The first kappa shape index (κ1) is 12.4. The van der Waals surface area contributed by atoms with Crippen molar-refractivity contribution in [1.29, 1.82) is 0 Å². The Bertz CT molecular complexity index is 315. The third kappa shape index (κ3) is 2.41. The van der Waals surface area contributed by atoms with Crippen LogP contribution in [0.4, 0.5) is 0 Å². The Labute approximate surface area is 109 Å². The number of ether oxygens (including phenoxy) is 1. The van der Waals surface area contributed by atoms with Gasteiger partial charge in [0, 0.05) is 32.3 Å². The lowest BCUT2D eigenvalue weighted by Gasteiger charge is -2.30. The SMILES string of the molecule is CN(CC1CCCOC1)C(=O)C1CC2CCC1N2. The van der Waals surface area contributed by atoms with Gasteiger partial charge in [-0.05, 0) is 38.0 Å². The van der Waals surface area contributed by atoms with Crippen LogP contribution < -0.4 is 5.32 Å². The number of carbonyl (C=O) groups excluding carboxylic acids is 1.